The fourth-order valence-electron chi connectivity index (χ4n) is 2.67. The molecule has 160 valence electrons. The SMILES string of the molecule is CC(C)OP(=O)(OC(C)C)C(=O)C[C@H](C)[C@H]1C=CC(=O)N1C(=O)OC(C)(C)C. The van der Waals surface area contributed by atoms with Crippen molar-refractivity contribution in [2.45, 2.75) is 85.7 Å². The van der Waals surface area contributed by atoms with Crippen molar-refractivity contribution < 1.29 is 32.7 Å². The van der Waals surface area contributed by atoms with Crippen LogP contribution >= 0.6 is 7.60 Å². The number of carbonyl (C=O) groups excluding carboxylic acids is 3. The predicted octanol–water partition coefficient (Wildman–Crippen LogP) is 4.28. The van der Waals surface area contributed by atoms with Crippen molar-refractivity contribution >= 4 is 25.1 Å². The molecule has 0 spiro atoms. The van der Waals surface area contributed by atoms with Gasteiger partial charge in [0.15, 0.2) is 0 Å². The van der Waals surface area contributed by atoms with Gasteiger partial charge in [-0.15, -0.1) is 0 Å². The van der Waals surface area contributed by atoms with Crippen molar-refractivity contribution in [2.75, 3.05) is 0 Å². The van der Waals surface area contributed by atoms with E-state index in [2.05, 4.69) is 0 Å². The Morgan fingerprint density at radius 1 is 1.11 bits per heavy atom. The highest BCUT2D eigenvalue weighted by Gasteiger charge is 2.42. The standard InChI is InChI=1S/C19H32NO7P/c1-12(2)26-28(24,27-13(3)4)17(22)11-14(5)15-9-10-16(21)20(15)18(23)25-19(6,7)8/h9-10,12-15H,11H2,1-8H3/t14-,15+/m0/s1. The maximum absolute atomic E-state index is 13.0. The molecule has 0 N–H and O–H groups in total. The van der Waals surface area contributed by atoms with E-state index in [1.807, 2.05) is 0 Å². The maximum atomic E-state index is 13.0. The van der Waals surface area contributed by atoms with Gasteiger partial charge in [-0.1, -0.05) is 13.0 Å². The van der Waals surface area contributed by atoms with Gasteiger partial charge >= 0.3 is 13.7 Å². The molecule has 1 rings (SSSR count). The zero-order valence-electron chi connectivity index (χ0n) is 17.9. The second kappa shape index (κ2) is 9.33. The Morgan fingerprint density at radius 3 is 2.04 bits per heavy atom. The molecule has 0 aliphatic carbocycles. The molecule has 0 saturated heterocycles. The van der Waals surface area contributed by atoms with E-state index in [4.69, 9.17) is 13.8 Å². The first-order valence-corrected chi connectivity index (χ1v) is 10.9. The lowest BCUT2D eigenvalue weighted by molar-refractivity contribution is -0.126. The minimum atomic E-state index is -3.99. The van der Waals surface area contributed by atoms with E-state index in [1.54, 1.807) is 61.5 Å². The zero-order valence-corrected chi connectivity index (χ0v) is 18.8. The molecule has 28 heavy (non-hydrogen) atoms. The summed E-state index contributed by atoms with van der Waals surface area (Å²) in [5, 5.41) is 0. The summed E-state index contributed by atoms with van der Waals surface area (Å²) in [7, 11) is -3.99. The molecule has 0 aromatic heterocycles. The number of hydrogen-bond donors (Lipinski definition) is 0. The van der Waals surface area contributed by atoms with Crippen molar-refractivity contribution in [2.24, 2.45) is 5.92 Å². The van der Waals surface area contributed by atoms with E-state index >= 15 is 0 Å². The average Bonchev–Trinajstić information content (AvgIpc) is 2.85. The summed E-state index contributed by atoms with van der Waals surface area (Å²) < 4.78 is 28.9. The predicted molar refractivity (Wildman–Crippen MR) is 105 cm³/mol. The minimum Gasteiger partial charge on any atom is -0.443 e. The van der Waals surface area contributed by atoms with Crippen LogP contribution < -0.4 is 0 Å². The lowest BCUT2D eigenvalue weighted by Crippen LogP contribution is -2.45. The summed E-state index contributed by atoms with van der Waals surface area (Å²) in [6, 6.07) is -0.683. The summed E-state index contributed by atoms with van der Waals surface area (Å²) in [4.78, 5) is 38.3. The summed E-state index contributed by atoms with van der Waals surface area (Å²) in [6.07, 6.45) is 0.918. The molecule has 1 aliphatic heterocycles. The average molecular weight is 417 g/mol. The third kappa shape index (κ3) is 6.83. The Bertz CT molecular complexity index is 664. The van der Waals surface area contributed by atoms with Gasteiger partial charge in [0.05, 0.1) is 18.2 Å². The minimum absolute atomic E-state index is 0.182. The molecule has 0 unspecified atom stereocenters. The van der Waals surface area contributed by atoms with Crippen LogP contribution in [-0.2, 0) is 27.9 Å². The Balaban J connectivity index is 2.96. The summed E-state index contributed by atoms with van der Waals surface area (Å²) in [5.41, 5.74) is -1.45. The maximum Gasteiger partial charge on any atom is 0.417 e. The monoisotopic (exact) mass is 417 g/mol. The van der Waals surface area contributed by atoms with Crippen LogP contribution in [0.1, 0.15) is 61.8 Å². The van der Waals surface area contributed by atoms with E-state index in [-0.39, 0.29) is 6.42 Å². The molecule has 0 aromatic rings. The van der Waals surface area contributed by atoms with Crippen molar-refractivity contribution in [3.05, 3.63) is 12.2 Å². The van der Waals surface area contributed by atoms with Gasteiger partial charge in [-0.2, -0.15) is 0 Å². The number of carbonyl (C=O) groups is 3. The van der Waals surface area contributed by atoms with Crippen LogP contribution in [0.5, 0.6) is 0 Å². The molecule has 0 radical (unpaired) electrons. The Hall–Kier alpha value is -1.50. The topological polar surface area (TPSA) is 99.2 Å². The third-order valence-corrected chi connectivity index (χ3v) is 5.84. The summed E-state index contributed by atoms with van der Waals surface area (Å²) in [6.45, 7) is 13.4. The Kier molecular flexibility index (Phi) is 8.18. The highest BCUT2D eigenvalue weighted by atomic mass is 31.2. The molecule has 0 fully saturated rings. The number of nitrogens with zero attached hydrogens (tertiary/aromatic N) is 1. The largest absolute Gasteiger partial charge is 0.443 e. The summed E-state index contributed by atoms with van der Waals surface area (Å²) >= 11 is 0. The Morgan fingerprint density at radius 2 is 1.61 bits per heavy atom. The van der Waals surface area contributed by atoms with Crippen LogP contribution in [-0.4, -0.2) is 46.3 Å². The van der Waals surface area contributed by atoms with Crippen LogP contribution in [0.15, 0.2) is 12.2 Å². The molecule has 0 bridgehead atoms. The lowest BCUT2D eigenvalue weighted by atomic mass is 9.99. The molecular weight excluding hydrogens is 385 g/mol. The van der Waals surface area contributed by atoms with Crippen LogP contribution in [0.4, 0.5) is 4.79 Å². The molecular formula is C19H32NO7P. The van der Waals surface area contributed by atoms with Crippen molar-refractivity contribution in [3.63, 3.8) is 0 Å². The van der Waals surface area contributed by atoms with Gasteiger partial charge < -0.3 is 13.8 Å². The van der Waals surface area contributed by atoms with E-state index in [0.717, 1.165) is 4.90 Å². The number of amides is 2. The molecule has 8 nitrogen and oxygen atoms in total. The molecule has 2 amide bonds. The molecule has 1 heterocycles. The number of rotatable bonds is 8. The normalized spacial score (nSPS) is 18.9. The van der Waals surface area contributed by atoms with Crippen LogP contribution in [0.3, 0.4) is 0 Å². The van der Waals surface area contributed by atoms with Gasteiger partial charge in [0, 0.05) is 12.5 Å². The van der Waals surface area contributed by atoms with E-state index in [0.29, 0.717) is 0 Å². The van der Waals surface area contributed by atoms with E-state index < -0.39 is 54.9 Å². The Labute approximate surface area is 167 Å². The van der Waals surface area contributed by atoms with Gasteiger partial charge in [0.25, 0.3) is 5.91 Å². The molecule has 1 aliphatic rings. The second-order valence-corrected chi connectivity index (χ2v) is 10.3. The number of imide groups is 1. The van der Waals surface area contributed by atoms with E-state index in [1.165, 1.54) is 6.08 Å². The van der Waals surface area contributed by atoms with Gasteiger partial charge in [-0.25, -0.2) is 9.69 Å². The van der Waals surface area contributed by atoms with Crippen molar-refractivity contribution in [3.8, 4) is 0 Å². The van der Waals surface area contributed by atoms with Crippen molar-refractivity contribution in [1.82, 2.24) is 4.90 Å². The molecule has 9 heteroatoms. The fourth-order valence-corrected chi connectivity index (χ4v) is 4.57. The summed E-state index contributed by atoms with van der Waals surface area (Å²) in [5.74, 6) is -1.01. The highest BCUT2D eigenvalue weighted by Crippen LogP contribution is 2.53. The second-order valence-electron chi connectivity index (χ2n) is 8.42. The van der Waals surface area contributed by atoms with Gasteiger partial charge in [-0.3, -0.25) is 14.2 Å². The first-order chi connectivity index (χ1) is 12.7. The highest BCUT2D eigenvalue weighted by molar-refractivity contribution is 7.71. The van der Waals surface area contributed by atoms with Crippen LogP contribution in [0.2, 0.25) is 0 Å². The van der Waals surface area contributed by atoms with Crippen molar-refractivity contribution in [1.29, 1.82) is 0 Å². The van der Waals surface area contributed by atoms with E-state index in [9.17, 15) is 18.9 Å². The smallest absolute Gasteiger partial charge is 0.417 e. The first-order valence-electron chi connectivity index (χ1n) is 9.41. The molecule has 0 saturated carbocycles. The molecule has 0 aromatic carbocycles. The van der Waals surface area contributed by atoms with Gasteiger partial charge in [0.1, 0.15) is 5.60 Å². The number of hydrogen-bond acceptors (Lipinski definition) is 7. The van der Waals surface area contributed by atoms with Crippen LogP contribution in [0.25, 0.3) is 0 Å². The number of ether oxygens (including phenoxy) is 1. The quantitative estimate of drug-likeness (QED) is 0.543. The van der Waals surface area contributed by atoms with Crippen LogP contribution in [0, 0.1) is 5.92 Å². The first kappa shape index (κ1) is 24.5. The van der Waals surface area contributed by atoms with Gasteiger partial charge in [-0.05, 0) is 54.4 Å². The van der Waals surface area contributed by atoms with Gasteiger partial charge in [0.2, 0.25) is 5.52 Å². The molecule has 2 atom stereocenters. The zero-order chi connectivity index (χ0) is 21.9. The third-order valence-electron chi connectivity index (χ3n) is 3.65. The lowest BCUT2D eigenvalue weighted by Gasteiger charge is -2.30. The fraction of sp³-hybridized carbons (Fsp3) is 0.737.